The van der Waals surface area contributed by atoms with Crippen molar-refractivity contribution in [3.63, 3.8) is 0 Å². The van der Waals surface area contributed by atoms with E-state index in [1.807, 2.05) is 13.8 Å². The summed E-state index contributed by atoms with van der Waals surface area (Å²) < 4.78 is 5.16. The lowest BCUT2D eigenvalue weighted by molar-refractivity contribution is 0.206. The molecule has 1 aliphatic rings. The van der Waals surface area contributed by atoms with Gasteiger partial charge in [0.2, 0.25) is 0 Å². The third-order valence-corrected chi connectivity index (χ3v) is 3.64. The van der Waals surface area contributed by atoms with E-state index in [2.05, 4.69) is 22.4 Å². The molecule has 17 heavy (non-hydrogen) atoms. The molecule has 1 N–H and O–H groups in total. The van der Waals surface area contributed by atoms with Crippen molar-refractivity contribution in [1.29, 1.82) is 0 Å². The number of piperidine rings is 1. The van der Waals surface area contributed by atoms with Crippen molar-refractivity contribution < 1.29 is 4.52 Å². The van der Waals surface area contributed by atoms with Crippen molar-refractivity contribution >= 4 is 0 Å². The number of nitrogens with one attached hydrogen (secondary N) is 1. The summed E-state index contributed by atoms with van der Waals surface area (Å²) in [6.45, 7) is 8.41. The Morgan fingerprint density at radius 3 is 2.94 bits per heavy atom. The van der Waals surface area contributed by atoms with Crippen molar-refractivity contribution in [2.45, 2.75) is 33.2 Å². The molecule has 1 saturated heterocycles. The van der Waals surface area contributed by atoms with Crippen LogP contribution in [0.3, 0.4) is 0 Å². The molecule has 0 amide bonds. The number of likely N-dealkylation sites (tertiary alicyclic amines) is 1. The van der Waals surface area contributed by atoms with Crippen LogP contribution in [0.25, 0.3) is 0 Å². The van der Waals surface area contributed by atoms with E-state index in [9.17, 15) is 0 Å². The van der Waals surface area contributed by atoms with Gasteiger partial charge in [0, 0.05) is 18.7 Å². The third-order valence-electron chi connectivity index (χ3n) is 3.64. The molecule has 1 atom stereocenters. The van der Waals surface area contributed by atoms with Crippen molar-refractivity contribution in [1.82, 2.24) is 15.4 Å². The lowest BCUT2D eigenvalue weighted by atomic mass is 9.98. The fourth-order valence-corrected chi connectivity index (χ4v) is 2.60. The summed E-state index contributed by atoms with van der Waals surface area (Å²) in [5.41, 5.74) is 2.23. The Bertz CT molecular complexity index is 342. The first-order chi connectivity index (χ1) is 8.16. The maximum Gasteiger partial charge on any atom is 0.138 e. The van der Waals surface area contributed by atoms with Gasteiger partial charge in [0.25, 0.3) is 0 Å². The summed E-state index contributed by atoms with van der Waals surface area (Å²) in [5.74, 6) is 1.73. The summed E-state index contributed by atoms with van der Waals surface area (Å²) in [6, 6.07) is 0. The second-order valence-electron chi connectivity index (χ2n) is 5.20. The minimum Gasteiger partial charge on any atom is -0.361 e. The van der Waals surface area contributed by atoms with Crippen LogP contribution >= 0.6 is 0 Å². The topological polar surface area (TPSA) is 41.3 Å². The van der Waals surface area contributed by atoms with Crippen molar-refractivity contribution in [3.05, 3.63) is 17.0 Å². The van der Waals surface area contributed by atoms with Crippen LogP contribution in [-0.4, -0.2) is 36.7 Å². The van der Waals surface area contributed by atoms with Crippen LogP contribution in [-0.2, 0) is 6.54 Å². The van der Waals surface area contributed by atoms with E-state index < -0.39 is 0 Å². The minimum atomic E-state index is 0.786. The summed E-state index contributed by atoms with van der Waals surface area (Å²) >= 11 is 0. The zero-order valence-corrected chi connectivity index (χ0v) is 11.1. The van der Waals surface area contributed by atoms with Gasteiger partial charge in [0.15, 0.2) is 0 Å². The van der Waals surface area contributed by atoms with Crippen LogP contribution in [0.5, 0.6) is 0 Å². The molecule has 0 radical (unpaired) electrons. The Hall–Kier alpha value is -0.870. The molecule has 1 aliphatic heterocycles. The summed E-state index contributed by atoms with van der Waals surface area (Å²) in [4.78, 5) is 2.42. The predicted molar refractivity (Wildman–Crippen MR) is 67.9 cm³/mol. The Morgan fingerprint density at radius 1 is 1.47 bits per heavy atom. The first-order valence-corrected chi connectivity index (χ1v) is 6.48. The van der Waals surface area contributed by atoms with E-state index in [4.69, 9.17) is 4.52 Å². The molecule has 1 fully saturated rings. The van der Waals surface area contributed by atoms with E-state index >= 15 is 0 Å². The quantitative estimate of drug-likeness (QED) is 0.866. The SMILES string of the molecule is Cc1noc(C)c1CNCC1CCCN(C)C1. The molecule has 0 bridgehead atoms. The molecule has 4 nitrogen and oxygen atoms in total. The van der Waals surface area contributed by atoms with Gasteiger partial charge in [-0.3, -0.25) is 0 Å². The zero-order valence-electron chi connectivity index (χ0n) is 11.1. The predicted octanol–water partition coefficient (Wildman–Crippen LogP) is 1.72. The molecule has 96 valence electrons. The van der Waals surface area contributed by atoms with Gasteiger partial charge in [0.05, 0.1) is 5.69 Å². The first kappa shape index (κ1) is 12.6. The Kier molecular flexibility index (Phi) is 4.18. The number of aromatic nitrogens is 1. The fraction of sp³-hybridized carbons (Fsp3) is 0.769. The van der Waals surface area contributed by atoms with E-state index in [0.717, 1.165) is 30.5 Å². The summed E-state index contributed by atoms with van der Waals surface area (Å²) in [6.07, 6.45) is 2.67. The molecular formula is C13H23N3O. The van der Waals surface area contributed by atoms with E-state index in [1.165, 1.54) is 31.5 Å². The zero-order chi connectivity index (χ0) is 12.3. The van der Waals surface area contributed by atoms with Crippen LogP contribution in [0.15, 0.2) is 4.52 Å². The van der Waals surface area contributed by atoms with E-state index in [-0.39, 0.29) is 0 Å². The van der Waals surface area contributed by atoms with Gasteiger partial charge in [-0.25, -0.2) is 0 Å². The van der Waals surface area contributed by atoms with Gasteiger partial charge < -0.3 is 14.7 Å². The van der Waals surface area contributed by atoms with Crippen LogP contribution in [0.4, 0.5) is 0 Å². The van der Waals surface area contributed by atoms with E-state index in [0.29, 0.717) is 0 Å². The summed E-state index contributed by atoms with van der Waals surface area (Å²) in [5, 5.41) is 7.50. The lowest BCUT2D eigenvalue weighted by Crippen LogP contribution is -2.37. The molecule has 1 unspecified atom stereocenters. The Morgan fingerprint density at radius 2 is 2.29 bits per heavy atom. The smallest absolute Gasteiger partial charge is 0.138 e. The van der Waals surface area contributed by atoms with Gasteiger partial charge in [-0.05, 0) is 52.7 Å². The van der Waals surface area contributed by atoms with Crippen LogP contribution < -0.4 is 5.32 Å². The highest BCUT2D eigenvalue weighted by molar-refractivity contribution is 5.20. The third kappa shape index (κ3) is 3.30. The first-order valence-electron chi connectivity index (χ1n) is 6.48. The molecule has 0 aliphatic carbocycles. The van der Waals surface area contributed by atoms with Gasteiger partial charge >= 0.3 is 0 Å². The minimum absolute atomic E-state index is 0.786. The number of hydrogen-bond acceptors (Lipinski definition) is 4. The molecule has 4 heteroatoms. The second kappa shape index (κ2) is 5.65. The van der Waals surface area contributed by atoms with Gasteiger partial charge in [-0.1, -0.05) is 5.16 Å². The number of aryl methyl sites for hydroxylation is 2. The molecule has 2 heterocycles. The number of hydrogen-bond donors (Lipinski definition) is 1. The maximum absolute atomic E-state index is 5.16. The van der Waals surface area contributed by atoms with Gasteiger partial charge in [0.1, 0.15) is 5.76 Å². The Labute approximate surface area is 103 Å². The number of nitrogens with zero attached hydrogens (tertiary/aromatic N) is 2. The molecule has 0 aromatic carbocycles. The van der Waals surface area contributed by atoms with Crippen LogP contribution in [0, 0.1) is 19.8 Å². The highest BCUT2D eigenvalue weighted by atomic mass is 16.5. The van der Waals surface area contributed by atoms with Crippen LogP contribution in [0.1, 0.15) is 29.9 Å². The summed E-state index contributed by atoms with van der Waals surface area (Å²) in [7, 11) is 2.21. The maximum atomic E-state index is 5.16. The van der Waals surface area contributed by atoms with Crippen molar-refractivity contribution in [2.24, 2.45) is 5.92 Å². The Balaban J connectivity index is 1.76. The fourth-order valence-electron chi connectivity index (χ4n) is 2.60. The molecule has 0 spiro atoms. The monoisotopic (exact) mass is 237 g/mol. The molecule has 2 rings (SSSR count). The molecule has 0 saturated carbocycles. The van der Waals surface area contributed by atoms with E-state index in [1.54, 1.807) is 0 Å². The largest absolute Gasteiger partial charge is 0.361 e. The normalized spacial score (nSPS) is 21.9. The molecular weight excluding hydrogens is 214 g/mol. The second-order valence-corrected chi connectivity index (χ2v) is 5.20. The lowest BCUT2D eigenvalue weighted by Gasteiger charge is -2.29. The van der Waals surface area contributed by atoms with Crippen molar-refractivity contribution in [3.8, 4) is 0 Å². The average molecular weight is 237 g/mol. The molecule has 1 aromatic heterocycles. The highest BCUT2D eigenvalue weighted by Crippen LogP contribution is 2.15. The molecule has 1 aromatic rings. The van der Waals surface area contributed by atoms with Crippen molar-refractivity contribution in [2.75, 3.05) is 26.7 Å². The van der Waals surface area contributed by atoms with Crippen LogP contribution in [0.2, 0.25) is 0 Å². The average Bonchev–Trinajstić information content (AvgIpc) is 2.61. The standard InChI is InChI=1S/C13H23N3O/c1-10-13(11(2)17-15-10)8-14-7-12-5-4-6-16(3)9-12/h12,14H,4-9H2,1-3H3. The number of rotatable bonds is 4. The highest BCUT2D eigenvalue weighted by Gasteiger charge is 2.17. The van der Waals surface area contributed by atoms with Gasteiger partial charge in [-0.15, -0.1) is 0 Å². The van der Waals surface area contributed by atoms with Gasteiger partial charge in [-0.2, -0.15) is 0 Å².